The molecule has 0 aliphatic carbocycles. The maximum absolute atomic E-state index is 12.1. The maximum Gasteiger partial charge on any atom is 0.251 e. The first-order valence-electron chi connectivity index (χ1n) is 7.38. The van der Waals surface area contributed by atoms with E-state index >= 15 is 0 Å². The number of benzene rings is 1. The summed E-state index contributed by atoms with van der Waals surface area (Å²) < 4.78 is 5.46. The van der Waals surface area contributed by atoms with Crippen molar-refractivity contribution in [3.05, 3.63) is 35.9 Å². The van der Waals surface area contributed by atoms with Gasteiger partial charge in [-0.15, -0.1) is 0 Å². The van der Waals surface area contributed by atoms with Gasteiger partial charge in [0.25, 0.3) is 5.91 Å². The lowest BCUT2D eigenvalue weighted by Gasteiger charge is -2.44. The van der Waals surface area contributed by atoms with E-state index in [2.05, 4.69) is 36.2 Å². The van der Waals surface area contributed by atoms with Gasteiger partial charge in [0.05, 0.1) is 0 Å². The number of carbonyl (C=O) groups is 1. The van der Waals surface area contributed by atoms with Crippen LogP contribution in [0.15, 0.2) is 30.3 Å². The first-order chi connectivity index (χ1) is 9.74. The molecule has 2 aliphatic heterocycles. The van der Waals surface area contributed by atoms with Crippen LogP contribution in [0, 0.1) is 0 Å². The lowest BCUT2D eigenvalue weighted by molar-refractivity contribution is -0.148. The van der Waals surface area contributed by atoms with Crippen molar-refractivity contribution >= 4 is 5.91 Å². The SMILES string of the molecule is CN(Cc1ccccc1)C1CN(C(=O)[C@H]2CCCO2)C1. The highest BCUT2D eigenvalue weighted by molar-refractivity contribution is 5.82. The van der Waals surface area contributed by atoms with E-state index in [1.165, 1.54) is 5.56 Å². The predicted octanol–water partition coefficient (Wildman–Crippen LogP) is 1.51. The van der Waals surface area contributed by atoms with Crippen LogP contribution < -0.4 is 0 Å². The molecule has 0 spiro atoms. The molecule has 0 unspecified atom stereocenters. The fourth-order valence-corrected chi connectivity index (χ4v) is 2.89. The van der Waals surface area contributed by atoms with Gasteiger partial charge in [0.2, 0.25) is 0 Å². The Labute approximate surface area is 120 Å². The average molecular weight is 274 g/mol. The number of hydrogen-bond donors (Lipinski definition) is 0. The minimum atomic E-state index is -0.171. The third-order valence-electron chi connectivity index (χ3n) is 4.28. The Hall–Kier alpha value is -1.39. The Bertz CT molecular complexity index is 451. The Morgan fingerprint density at radius 2 is 2.10 bits per heavy atom. The van der Waals surface area contributed by atoms with Gasteiger partial charge in [0.1, 0.15) is 6.10 Å². The van der Waals surface area contributed by atoms with Crippen LogP contribution in [-0.2, 0) is 16.1 Å². The topological polar surface area (TPSA) is 32.8 Å². The van der Waals surface area contributed by atoms with Crippen LogP contribution in [0.2, 0.25) is 0 Å². The zero-order valence-corrected chi connectivity index (χ0v) is 12.0. The van der Waals surface area contributed by atoms with Gasteiger partial charge in [-0.25, -0.2) is 0 Å². The normalized spacial score (nSPS) is 23.1. The molecule has 2 saturated heterocycles. The summed E-state index contributed by atoms with van der Waals surface area (Å²) in [6, 6.07) is 10.9. The van der Waals surface area contributed by atoms with Crippen LogP contribution in [0.1, 0.15) is 18.4 Å². The highest BCUT2D eigenvalue weighted by Gasteiger charge is 2.37. The summed E-state index contributed by atoms with van der Waals surface area (Å²) in [6.45, 7) is 3.35. The second-order valence-corrected chi connectivity index (χ2v) is 5.80. The maximum atomic E-state index is 12.1. The minimum Gasteiger partial charge on any atom is -0.368 e. The molecule has 0 radical (unpaired) electrons. The zero-order chi connectivity index (χ0) is 13.9. The molecule has 1 amide bonds. The van der Waals surface area contributed by atoms with Gasteiger partial charge in [0, 0.05) is 32.3 Å². The second kappa shape index (κ2) is 5.94. The summed E-state index contributed by atoms with van der Waals surface area (Å²) >= 11 is 0. The van der Waals surface area contributed by atoms with E-state index in [-0.39, 0.29) is 12.0 Å². The number of ether oxygens (including phenoxy) is 1. The molecule has 4 heteroatoms. The van der Waals surface area contributed by atoms with Gasteiger partial charge in [-0.3, -0.25) is 9.69 Å². The van der Waals surface area contributed by atoms with E-state index in [4.69, 9.17) is 4.74 Å². The van der Waals surface area contributed by atoms with Crippen molar-refractivity contribution in [1.82, 2.24) is 9.80 Å². The first kappa shape index (κ1) is 13.6. The van der Waals surface area contributed by atoms with Crippen molar-refractivity contribution in [2.75, 3.05) is 26.7 Å². The lowest BCUT2D eigenvalue weighted by Crippen LogP contribution is -2.61. The van der Waals surface area contributed by atoms with E-state index in [1.807, 2.05) is 11.0 Å². The molecular weight excluding hydrogens is 252 g/mol. The predicted molar refractivity (Wildman–Crippen MR) is 77.3 cm³/mol. The van der Waals surface area contributed by atoms with E-state index < -0.39 is 0 Å². The number of amides is 1. The van der Waals surface area contributed by atoms with E-state index in [1.54, 1.807) is 0 Å². The molecule has 20 heavy (non-hydrogen) atoms. The molecule has 0 saturated carbocycles. The second-order valence-electron chi connectivity index (χ2n) is 5.80. The van der Waals surface area contributed by atoms with Gasteiger partial charge < -0.3 is 9.64 Å². The highest BCUT2D eigenvalue weighted by atomic mass is 16.5. The summed E-state index contributed by atoms with van der Waals surface area (Å²) in [7, 11) is 2.13. The van der Waals surface area contributed by atoms with E-state index in [9.17, 15) is 4.79 Å². The van der Waals surface area contributed by atoms with Gasteiger partial charge in [-0.1, -0.05) is 30.3 Å². The Morgan fingerprint density at radius 3 is 2.75 bits per heavy atom. The van der Waals surface area contributed by atoms with E-state index in [0.717, 1.165) is 39.1 Å². The molecule has 2 heterocycles. The van der Waals surface area contributed by atoms with Gasteiger partial charge >= 0.3 is 0 Å². The molecule has 1 aromatic rings. The molecule has 0 aromatic heterocycles. The summed E-state index contributed by atoms with van der Waals surface area (Å²) in [5.74, 6) is 0.187. The Morgan fingerprint density at radius 1 is 1.35 bits per heavy atom. The smallest absolute Gasteiger partial charge is 0.251 e. The minimum absolute atomic E-state index is 0.171. The number of nitrogens with zero attached hydrogens (tertiary/aromatic N) is 2. The molecule has 1 aromatic carbocycles. The van der Waals surface area contributed by atoms with Crippen LogP contribution in [0.25, 0.3) is 0 Å². The third-order valence-corrected chi connectivity index (χ3v) is 4.28. The molecule has 2 fully saturated rings. The molecule has 2 aliphatic rings. The van der Waals surface area contributed by atoms with Crippen molar-refractivity contribution in [3.63, 3.8) is 0 Å². The fourth-order valence-electron chi connectivity index (χ4n) is 2.89. The van der Waals surface area contributed by atoms with Crippen molar-refractivity contribution in [3.8, 4) is 0 Å². The molecule has 1 atom stereocenters. The zero-order valence-electron chi connectivity index (χ0n) is 12.0. The van der Waals surface area contributed by atoms with Crippen molar-refractivity contribution < 1.29 is 9.53 Å². The number of carbonyl (C=O) groups excluding carboxylic acids is 1. The first-order valence-corrected chi connectivity index (χ1v) is 7.38. The van der Waals surface area contributed by atoms with Gasteiger partial charge in [0.15, 0.2) is 0 Å². The van der Waals surface area contributed by atoms with E-state index in [0.29, 0.717) is 6.04 Å². The lowest BCUT2D eigenvalue weighted by atomic mass is 10.0. The standard InChI is InChI=1S/C16H22N2O2/c1-17(10-13-6-3-2-4-7-13)14-11-18(12-14)16(19)15-8-5-9-20-15/h2-4,6-7,14-15H,5,8-12H2,1H3/t15-/m1/s1. The third kappa shape index (κ3) is 2.86. The summed E-state index contributed by atoms with van der Waals surface area (Å²) in [5, 5.41) is 0. The average Bonchev–Trinajstić information content (AvgIpc) is 2.91. The largest absolute Gasteiger partial charge is 0.368 e. The van der Waals surface area contributed by atoms with Crippen LogP contribution in [0.5, 0.6) is 0 Å². The van der Waals surface area contributed by atoms with Crippen molar-refractivity contribution in [2.45, 2.75) is 31.5 Å². The summed E-state index contributed by atoms with van der Waals surface area (Å²) in [5.41, 5.74) is 1.32. The molecular formula is C16H22N2O2. The molecule has 108 valence electrons. The van der Waals surface area contributed by atoms with Crippen molar-refractivity contribution in [1.29, 1.82) is 0 Å². The van der Waals surface area contributed by atoms with Crippen LogP contribution in [0.4, 0.5) is 0 Å². The molecule has 3 rings (SSSR count). The monoisotopic (exact) mass is 274 g/mol. The fraction of sp³-hybridized carbons (Fsp3) is 0.562. The van der Waals surface area contributed by atoms with Gasteiger partial charge in [-0.2, -0.15) is 0 Å². The Balaban J connectivity index is 1.46. The quantitative estimate of drug-likeness (QED) is 0.834. The number of hydrogen-bond acceptors (Lipinski definition) is 3. The molecule has 0 bridgehead atoms. The number of likely N-dealkylation sites (tertiary alicyclic amines) is 1. The highest BCUT2D eigenvalue weighted by Crippen LogP contribution is 2.21. The van der Waals surface area contributed by atoms with Crippen LogP contribution in [0.3, 0.4) is 0 Å². The van der Waals surface area contributed by atoms with Crippen LogP contribution >= 0.6 is 0 Å². The summed E-state index contributed by atoms with van der Waals surface area (Å²) in [6.07, 6.45) is 1.73. The van der Waals surface area contributed by atoms with Crippen LogP contribution in [-0.4, -0.2) is 54.6 Å². The Kier molecular flexibility index (Phi) is 4.03. The number of rotatable bonds is 4. The number of likely N-dealkylation sites (N-methyl/N-ethyl adjacent to an activating group) is 1. The molecule has 4 nitrogen and oxygen atoms in total. The summed E-state index contributed by atoms with van der Waals surface area (Å²) in [4.78, 5) is 16.4. The van der Waals surface area contributed by atoms with Crippen molar-refractivity contribution in [2.24, 2.45) is 0 Å². The van der Waals surface area contributed by atoms with Gasteiger partial charge in [-0.05, 0) is 25.5 Å². The molecule has 0 N–H and O–H groups in total.